The molecule has 0 bridgehead atoms. The number of halogens is 1. The number of benzene rings is 1. The molecule has 1 aromatic rings. The van der Waals surface area contributed by atoms with Crippen LogP contribution in [0.2, 0.25) is 0 Å². The maximum absolute atomic E-state index is 13.2. The third kappa shape index (κ3) is 2.00. The first-order valence-corrected chi connectivity index (χ1v) is 3.86. The first-order chi connectivity index (χ1) is 6.70. The van der Waals surface area contributed by atoms with E-state index < -0.39 is 11.7 Å². The molecule has 0 heterocycles. The molecule has 5 heteroatoms. The van der Waals surface area contributed by atoms with Crippen molar-refractivity contribution in [2.75, 3.05) is 14.2 Å². The molecule has 0 aliphatic carbocycles. The molecule has 0 aliphatic rings. The van der Waals surface area contributed by atoms with Crippen molar-refractivity contribution >= 4 is 5.91 Å². The number of nitrogens with one attached hydrogen (secondary N) is 1. The van der Waals surface area contributed by atoms with Crippen LogP contribution in [0.4, 0.5) is 4.39 Å². The summed E-state index contributed by atoms with van der Waals surface area (Å²) in [5.41, 5.74) is 1.85. The average molecular weight is 199 g/mol. The highest BCUT2D eigenvalue weighted by Gasteiger charge is 2.16. The molecule has 0 aromatic heterocycles. The van der Waals surface area contributed by atoms with Gasteiger partial charge < -0.3 is 4.74 Å². The maximum atomic E-state index is 13.2. The van der Waals surface area contributed by atoms with E-state index in [1.807, 2.05) is 5.48 Å². The van der Waals surface area contributed by atoms with Crippen LogP contribution in [0.15, 0.2) is 18.2 Å². The summed E-state index contributed by atoms with van der Waals surface area (Å²) in [6, 6.07) is 4.12. The molecule has 1 amide bonds. The lowest BCUT2D eigenvalue weighted by Gasteiger charge is -2.08. The summed E-state index contributed by atoms with van der Waals surface area (Å²) in [5, 5.41) is 0. The summed E-state index contributed by atoms with van der Waals surface area (Å²) in [6.45, 7) is 0. The number of carbonyl (C=O) groups is 1. The second-order valence-electron chi connectivity index (χ2n) is 2.45. The van der Waals surface area contributed by atoms with E-state index in [1.54, 1.807) is 0 Å². The van der Waals surface area contributed by atoms with E-state index in [4.69, 9.17) is 4.74 Å². The summed E-state index contributed by atoms with van der Waals surface area (Å²) < 4.78 is 18.1. The van der Waals surface area contributed by atoms with Crippen LogP contribution in [0.1, 0.15) is 10.4 Å². The molecule has 0 saturated carbocycles. The van der Waals surface area contributed by atoms with Gasteiger partial charge in [0.05, 0.1) is 14.2 Å². The molecule has 0 atom stereocenters. The number of hydroxylamine groups is 1. The first kappa shape index (κ1) is 10.5. The Labute approximate surface area is 80.6 Å². The number of methoxy groups -OCH3 is 1. The Morgan fingerprint density at radius 1 is 1.43 bits per heavy atom. The molecule has 0 fully saturated rings. The van der Waals surface area contributed by atoms with Gasteiger partial charge in [-0.15, -0.1) is 0 Å². The second kappa shape index (κ2) is 4.57. The van der Waals surface area contributed by atoms with Crippen molar-refractivity contribution in [1.82, 2.24) is 5.48 Å². The fourth-order valence-electron chi connectivity index (χ4n) is 1.04. The van der Waals surface area contributed by atoms with Crippen molar-refractivity contribution in [1.29, 1.82) is 0 Å². The third-order valence-electron chi connectivity index (χ3n) is 1.62. The number of carbonyl (C=O) groups excluding carboxylic acids is 1. The van der Waals surface area contributed by atoms with E-state index in [2.05, 4.69) is 4.84 Å². The molecule has 4 nitrogen and oxygen atoms in total. The van der Waals surface area contributed by atoms with Gasteiger partial charge in [-0.2, -0.15) is 0 Å². The minimum absolute atomic E-state index is 0.166. The quantitative estimate of drug-likeness (QED) is 0.742. The lowest BCUT2D eigenvalue weighted by Crippen LogP contribution is -2.23. The van der Waals surface area contributed by atoms with Crippen molar-refractivity contribution in [3.8, 4) is 5.75 Å². The van der Waals surface area contributed by atoms with Crippen LogP contribution in [0.5, 0.6) is 5.75 Å². The molecule has 1 rings (SSSR count). The molecule has 76 valence electrons. The Kier molecular flexibility index (Phi) is 3.41. The van der Waals surface area contributed by atoms with Crippen LogP contribution >= 0.6 is 0 Å². The minimum atomic E-state index is -0.678. The molecule has 0 spiro atoms. The van der Waals surface area contributed by atoms with E-state index in [-0.39, 0.29) is 11.3 Å². The number of ether oxygens (including phenoxy) is 1. The van der Waals surface area contributed by atoms with Crippen molar-refractivity contribution in [2.24, 2.45) is 0 Å². The smallest absolute Gasteiger partial charge is 0.281 e. The second-order valence-corrected chi connectivity index (χ2v) is 2.45. The highest BCUT2D eigenvalue weighted by molar-refractivity contribution is 5.96. The topological polar surface area (TPSA) is 47.6 Å². The van der Waals surface area contributed by atoms with Crippen LogP contribution in [-0.2, 0) is 4.84 Å². The first-order valence-electron chi connectivity index (χ1n) is 3.86. The highest BCUT2D eigenvalue weighted by atomic mass is 19.1. The Morgan fingerprint density at radius 3 is 2.71 bits per heavy atom. The van der Waals surface area contributed by atoms with E-state index in [0.29, 0.717) is 0 Å². The minimum Gasteiger partial charge on any atom is -0.496 e. The van der Waals surface area contributed by atoms with Crippen LogP contribution in [0.3, 0.4) is 0 Å². The van der Waals surface area contributed by atoms with Gasteiger partial charge in [0.25, 0.3) is 5.91 Å². The summed E-state index contributed by atoms with van der Waals surface area (Å²) in [4.78, 5) is 15.7. The standard InChI is InChI=1S/C9H10FNO3/c1-13-7-5-3-4-6(10)8(7)9(12)11-14-2/h3-5H,1-2H3,(H,11,12). The Hall–Kier alpha value is -1.62. The molecule has 0 saturated heterocycles. The van der Waals surface area contributed by atoms with Crippen molar-refractivity contribution in [3.05, 3.63) is 29.6 Å². The van der Waals surface area contributed by atoms with Crippen molar-refractivity contribution < 1.29 is 18.8 Å². The fraction of sp³-hybridized carbons (Fsp3) is 0.222. The van der Waals surface area contributed by atoms with Gasteiger partial charge in [-0.3, -0.25) is 9.63 Å². The number of hydrogen-bond donors (Lipinski definition) is 1. The lowest BCUT2D eigenvalue weighted by molar-refractivity contribution is 0.0530. The normalized spacial score (nSPS) is 9.64. The van der Waals surface area contributed by atoms with Gasteiger partial charge >= 0.3 is 0 Å². The summed E-state index contributed by atoms with van der Waals surface area (Å²) in [5.74, 6) is -1.17. The number of rotatable bonds is 3. The van der Waals surface area contributed by atoms with Gasteiger partial charge in [0.2, 0.25) is 0 Å². The molecule has 0 aliphatic heterocycles. The lowest BCUT2D eigenvalue weighted by atomic mass is 10.2. The number of amides is 1. The molecule has 0 radical (unpaired) electrons. The highest BCUT2D eigenvalue weighted by Crippen LogP contribution is 2.20. The summed E-state index contributed by atoms with van der Waals surface area (Å²) >= 11 is 0. The monoisotopic (exact) mass is 199 g/mol. The number of hydrogen-bond acceptors (Lipinski definition) is 3. The molecular weight excluding hydrogens is 189 g/mol. The molecular formula is C9H10FNO3. The zero-order chi connectivity index (χ0) is 10.6. The van der Waals surface area contributed by atoms with Gasteiger partial charge in [0, 0.05) is 0 Å². The van der Waals surface area contributed by atoms with Gasteiger partial charge in [-0.25, -0.2) is 9.87 Å². The van der Waals surface area contributed by atoms with Crippen LogP contribution in [-0.4, -0.2) is 20.1 Å². The van der Waals surface area contributed by atoms with Crippen LogP contribution < -0.4 is 10.2 Å². The predicted octanol–water partition coefficient (Wildman–Crippen LogP) is 1.13. The molecule has 0 unspecified atom stereocenters. The zero-order valence-corrected chi connectivity index (χ0v) is 7.83. The van der Waals surface area contributed by atoms with Crippen molar-refractivity contribution in [3.63, 3.8) is 0 Å². The molecule has 14 heavy (non-hydrogen) atoms. The summed E-state index contributed by atoms with van der Waals surface area (Å²) in [6.07, 6.45) is 0. The van der Waals surface area contributed by atoms with Gasteiger partial charge in [-0.05, 0) is 12.1 Å². The van der Waals surface area contributed by atoms with Gasteiger partial charge in [0.15, 0.2) is 0 Å². The SMILES string of the molecule is CONC(=O)c1c(F)cccc1OC. The van der Waals surface area contributed by atoms with E-state index >= 15 is 0 Å². The van der Waals surface area contributed by atoms with Gasteiger partial charge in [0.1, 0.15) is 17.1 Å². The average Bonchev–Trinajstić information content (AvgIpc) is 2.17. The molecule has 1 N–H and O–H groups in total. The summed E-state index contributed by atoms with van der Waals surface area (Å²) in [7, 11) is 2.63. The van der Waals surface area contributed by atoms with Gasteiger partial charge in [-0.1, -0.05) is 6.07 Å². The predicted molar refractivity (Wildman–Crippen MR) is 47.4 cm³/mol. The van der Waals surface area contributed by atoms with E-state index in [0.717, 1.165) is 0 Å². The van der Waals surface area contributed by atoms with Crippen molar-refractivity contribution in [2.45, 2.75) is 0 Å². The maximum Gasteiger partial charge on any atom is 0.281 e. The Morgan fingerprint density at radius 2 is 2.14 bits per heavy atom. The Bertz CT molecular complexity index is 341. The van der Waals surface area contributed by atoms with Crippen LogP contribution in [0.25, 0.3) is 0 Å². The van der Waals surface area contributed by atoms with Crippen LogP contribution in [0, 0.1) is 5.82 Å². The Balaban J connectivity index is 3.10. The van der Waals surface area contributed by atoms with E-state index in [1.165, 1.54) is 32.4 Å². The largest absolute Gasteiger partial charge is 0.496 e. The molecule has 1 aromatic carbocycles. The zero-order valence-electron chi connectivity index (χ0n) is 7.83. The third-order valence-corrected chi connectivity index (χ3v) is 1.62. The van der Waals surface area contributed by atoms with E-state index in [9.17, 15) is 9.18 Å². The fourth-order valence-corrected chi connectivity index (χ4v) is 1.04.